The third-order valence-electron chi connectivity index (χ3n) is 2.89. The summed E-state index contributed by atoms with van der Waals surface area (Å²) in [4.78, 5) is 11.8. The van der Waals surface area contributed by atoms with Crippen molar-refractivity contribution in [2.75, 3.05) is 6.54 Å². The molecule has 2 unspecified atom stereocenters. The molecular weight excluding hydrogens is 282 g/mol. The zero-order chi connectivity index (χ0) is 12.8. The summed E-state index contributed by atoms with van der Waals surface area (Å²) in [6.45, 7) is 4.27. The molecule has 1 amide bonds. The van der Waals surface area contributed by atoms with Gasteiger partial charge in [-0.25, -0.2) is 0 Å². The van der Waals surface area contributed by atoms with Gasteiger partial charge in [0.1, 0.15) is 0 Å². The Morgan fingerprint density at radius 3 is 2.71 bits per heavy atom. The maximum Gasteiger partial charge on any atom is 0.252 e. The summed E-state index contributed by atoms with van der Waals surface area (Å²) in [6, 6.07) is 7.23. The predicted molar refractivity (Wildman–Crippen MR) is 71.9 cm³/mol. The molecule has 0 spiro atoms. The van der Waals surface area contributed by atoms with Crippen molar-refractivity contribution >= 4 is 21.8 Å². The third-order valence-corrected chi connectivity index (χ3v) is 3.58. The number of carbonyl (C=O) groups excluding carboxylic acids is 1. The minimum Gasteiger partial charge on any atom is -0.391 e. The molecule has 0 fully saturated rings. The second-order valence-electron chi connectivity index (χ2n) is 4.14. The first-order valence-corrected chi connectivity index (χ1v) is 6.56. The number of hydrogen-bond acceptors (Lipinski definition) is 2. The van der Waals surface area contributed by atoms with Crippen LogP contribution in [0.1, 0.15) is 30.6 Å². The molecule has 4 heteroatoms. The summed E-state index contributed by atoms with van der Waals surface area (Å²) in [7, 11) is 0. The number of amides is 1. The lowest BCUT2D eigenvalue weighted by Gasteiger charge is -2.17. The van der Waals surface area contributed by atoms with Crippen LogP contribution in [0.25, 0.3) is 0 Å². The Bertz CT molecular complexity index is 381. The molecule has 1 aromatic carbocycles. The summed E-state index contributed by atoms with van der Waals surface area (Å²) in [5, 5.41) is 12.5. The minimum atomic E-state index is -0.494. The molecule has 2 atom stereocenters. The molecule has 94 valence electrons. The molecule has 1 rings (SSSR count). The largest absolute Gasteiger partial charge is 0.391 e. The Balaban J connectivity index is 2.54. The molecule has 0 saturated carbocycles. The van der Waals surface area contributed by atoms with Crippen LogP contribution in [0.2, 0.25) is 0 Å². The van der Waals surface area contributed by atoms with Gasteiger partial charge in [-0.15, -0.1) is 0 Å². The quantitative estimate of drug-likeness (QED) is 0.878. The van der Waals surface area contributed by atoms with Gasteiger partial charge in [0.05, 0.1) is 11.7 Å². The van der Waals surface area contributed by atoms with E-state index in [0.717, 1.165) is 10.9 Å². The Hall–Kier alpha value is -0.870. The smallest absolute Gasteiger partial charge is 0.252 e. The molecule has 0 aliphatic heterocycles. The van der Waals surface area contributed by atoms with Gasteiger partial charge in [0.25, 0.3) is 5.91 Å². The van der Waals surface area contributed by atoms with Crippen molar-refractivity contribution in [3.8, 4) is 0 Å². The molecule has 3 nitrogen and oxygen atoms in total. The van der Waals surface area contributed by atoms with Crippen LogP contribution in [0.4, 0.5) is 0 Å². The van der Waals surface area contributed by atoms with E-state index in [1.54, 1.807) is 6.07 Å². The third kappa shape index (κ3) is 4.13. The fraction of sp³-hybridized carbons (Fsp3) is 0.462. The van der Waals surface area contributed by atoms with Crippen LogP contribution >= 0.6 is 15.9 Å². The second-order valence-corrected chi connectivity index (χ2v) is 5.00. The molecule has 0 saturated heterocycles. The van der Waals surface area contributed by atoms with Crippen LogP contribution in [-0.2, 0) is 0 Å². The van der Waals surface area contributed by atoms with Crippen molar-refractivity contribution in [1.29, 1.82) is 0 Å². The fourth-order valence-electron chi connectivity index (χ4n) is 1.41. The second kappa shape index (κ2) is 6.77. The highest BCUT2D eigenvalue weighted by atomic mass is 79.9. The van der Waals surface area contributed by atoms with Gasteiger partial charge in [0.2, 0.25) is 0 Å². The molecule has 0 bridgehead atoms. The van der Waals surface area contributed by atoms with Crippen molar-refractivity contribution in [1.82, 2.24) is 5.32 Å². The van der Waals surface area contributed by atoms with E-state index in [0.29, 0.717) is 5.56 Å². The Kier molecular flexibility index (Phi) is 5.65. The van der Waals surface area contributed by atoms with E-state index in [1.165, 1.54) is 0 Å². The van der Waals surface area contributed by atoms with Gasteiger partial charge in [-0.3, -0.25) is 4.79 Å². The summed E-state index contributed by atoms with van der Waals surface area (Å²) < 4.78 is 0.760. The zero-order valence-corrected chi connectivity index (χ0v) is 11.7. The molecule has 0 heterocycles. The van der Waals surface area contributed by atoms with E-state index in [2.05, 4.69) is 21.2 Å². The molecule has 0 aliphatic rings. The zero-order valence-electron chi connectivity index (χ0n) is 10.1. The highest BCUT2D eigenvalue weighted by molar-refractivity contribution is 9.10. The van der Waals surface area contributed by atoms with Crippen LogP contribution in [0.3, 0.4) is 0 Å². The van der Waals surface area contributed by atoms with E-state index in [-0.39, 0.29) is 18.4 Å². The predicted octanol–water partition coefficient (Wildman–Crippen LogP) is 2.59. The van der Waals surface area contributed by atoms with E-state index in [1.807, 2.05) is 32.0 Å². The van der Waals surface area contributed by atoms with Gasteiger partial charge in [-0.2, -0.15) is 0 Å². The summed E-state index contributed by atoms with van der Waals surface area (Å²) >= 11 is 3.32. The average molecular weight is 300 g/mol. The first-order valence-electron chi connectivity index (χ1n) is 5.77. The molecular formula is C13H18BrNO2. The van der Waals surface area contributed by atoms with E-state index < -0.39 is 6.10 Å². The van der Waals surface area contributed by atoms with Crippen LogP contribution in [0.15, 0.2) is 28.7 Å². The summed E-state index contributed by atoms with van der Waals surface area (Å²) in [5.74, 6) is 0.0225. The molecule has 1 aromatic rings. The van der Waals surface area contributed by atoms with E-state index in [4.69, 9.17) is 0 Å². The van der Waals surface area contributed by atoms with E-state index >= 15 is 0 Å². The average Bonchev–Trinajstić information content (AvgIpc) is 2.35. The fourth-order valence-corrected chi connectivity index (χ4v) is 1.88. The number of benzene rings is 1. The highest BCUT2D eigenvalue weighted by Gasteiger charge is 2.14. The van der Waals surface area contributed by atoms with Gasteiger partial charge in [0.15, 0.2) is 0 Å². The maximum absolute atomic E-state index is 11.8. The maximum atomic E-state index is 11.8. The van der Waals surface area contributed by atoms with E-state index in [9.17, 15) is 9.90 Å². The Morgan fingerprint density at radius 2 is 2.12 bits per heavy atom. The molecule has 0 aromatic heterocycles. The van der Waals surface area contributed by atoms with Crippen molar-refractivity contribution < 1.29 is 9.90 Å². The number of aliphatic hydroxyl groups is 1. The van der Waals surface area contributed by atoms with Crippen LogP contribution in [0.5, 0.6) is 0 Å². The first-order chi connectivity index (χ1) is 8.06. The van der Waals surface area contributed by atoms with Crippen molar-refractivity contribution in [2.45, 2.75) is 26.4 Å². The van der Waals surface area contributed by atoms with Crippen molar-refractivity contribution in [3.63, 3.8) is 0 Å². The highest BCUT2D eigenvalue weighted by Crippen LogP contribution is 2.15. The normalized spacial score (nSPS) is 14.1. The number of halogens is 1. The first kappa shape index (κ1) is 14.2. The molecule has 2 N–H and O–H groups in total. The topological polar surface area (TPSA) is 49.3 Å². The van der Waals surface area contributed by atoms with Crippen molar-refractivity contribution in [2.24, 2.45) is 5.92 Å². The molecule has 0 aliphatic carbocycles. The van der Waals surface area contributed by atoms with Gasteiger partial charge in [-0.05, 0) is 34.0 Å². The summed E-state index contributed by atoms with van der Waals surface area (Å²) in [5.41, 5.74) is 0.587. The number of aliphatic hydroxyl groups excluding tert-OH is 1. The lowest BCUT2D eigenvalue weighted by molar-refractivity contribution is 0.0849. The van der Waals surface area contributed by atoms with Crippen LogP contribution in [0, 0.1) is 5.92 Å². The van der Waals surface area contributed by atoms with Gasteiger partial charge < -0.3 is 10.4 Å². The number of nitrogens with one attached hydrogen (secondary N) is 1. The lowest BCUT2D eigenvalue weighted by Crippen LogP contribution is -2.35. The SMILES string of the molecule is CCC(C)C(O)CNC(=O)c1ccccc1Br. The standard InChI is InChI=1S/C13H18BrNO2/c1-3-9(2)12(16)8-15-13(17)10-6-4-5-7-11(10)14/h4-7,9,12,16H,3,8H2,1-2H3,(H,15,17). The van der Waals surface area contributed by atoms with Gasteiger partial charge in [0, 0.05) is 11.0 Å². The summed E-state index contributed by atoms with van der Waals surface area (Å²) in [6.07, 6.45) is 0.401. The van der Waals surface area contributed by atoms with Gasteiger partial charge >= 0.3 is 0 Å². The number of hydrogen-bond donors (Lipinski definition) is 2. The van der Waals surface area contributed by atoms with Gasteiger partial charge in [-0.1, -0.05) is 32.4 Å². The minimum absolute atomic E-state index is 0.167. The van der Waals surface area contributed by atoms with Crippen molar-refractivity contribution in [3.05, 3.63) is 34.3 Å². The number of rotatable bonds is 5. The number of carbonyl (C=O) groups is 1. The monoisotopic (exact) mass is 299 g/mol. The Labute approximate surface area is 110 Å². The molecule has 17 heavy (non-hydrogen) atoms. The van der Waals surface area contributed by atoms with Crippen LogP contribution in [-0.4, -0.2) is 23.7 Å². The Morgan fingerprint density at radius 1 is 1.47 bits per heavy atom. The molecule has 0 radical (unpaired) electrons. The van der Waals surface area contributed by atoms with Crippen LogP contribution < -0.4 is 5.32 Å². The lowest BCUT2D eigenvalue weighted by atomic mass is 10.0.